The molecule has 1 rings (SSSR count). The highest BCUT2D eigenvalue weighted by Gasteiger charge is 2.25. The summed E-state index contributed by atoms with van der Waals surface area (Å²) in [6.07, 6.45) is 8.89. The van der Waals surface area contributed by atoms with Gasteiger partial charge in [-0.25, -0.2) is 8.42 Å². The molecule has 1 fully saturated rings. The van der Waals surface area contributed by atoms with Gasteiger partial charge in [0.05, 0.1) is 6.26 Å². The van der Waals surface area contributed by atoms with Gasteiger partial charge in [-0.15, -0.1) is 0 Å². The van der Waals surface area contributed by atoms with Gasteiger partial charge in [-0.3, -0.25) is 4.79 Å². The number of amides is 1. The molecule has 0 aromatic rings. The smallest absolute Gasteiger partial charge is 0.222 e. The van der Waals surface area contributed by atoms with Crippen LogP contribution in [-0.4, -0.2) is 56.0 Å². The molecular formula is C14H28N2O3S. The highest BCUT2D eigenvalue weighted by Crippen LogP contribution is 2.11. The zero-order valence-electron chi connectivity index (χ0n) is 12.8. The van der Waals surface area contributed by atoms with Crippen molar-refractivity contribution >= 4 is 15.9 Å². The molecule has 1 aliphatic rings. The summed E-state index contributed by atoms with van der Waals surface area (Å²) < 4.78 is 24.2. The third-order valence-electron chi connectivity index (χ3n) is 3.80. The summed E-state index contributed by atoms with van der Waals surface area (Å²) in [7, 11) is -3.11. The molecule has 0 aliphatic carbocycles. The SMILES string of the molecule is CCCCCCCCC(=O)N1CCN(S(C)(=O)=O)CC1. The maximum atomic E-state index is 12.0. The van der Waals surface area contributed by atoms with Crippen LogP contribution >= 0.6 is 0 Å². The molecule has 0 N–H and O–H groups in total. The van der Waals surface area contributed by atoms with E-state index in [-0.39, 0.29) is 5.91 Å². The van der Waals surface area contributed by atoms with E-state index in [1.165, 1.54) is 36.2 Å². The summed E-state index contributed by atoms with van der Waals surface area (Å²) in [5.74, 6) is 0.175. The summed E-state index contributed by atoms with van der Waals surface area (Å²) in [5, 5.41) is 0. The first-order valence-corrected chi connectivity index (χ1v) is 9.53. The van der Waals surface area contributed by atoms with Gasteiger partial charge in [-0.05, 0) is 6.42 Å². The normalized spacial score (nSPS) is 17.4. The average molecular weight is 304 g/mol. The number of piperazine rings is 1. The average Bonchev–Trinajstić information content (AvgIpc) is 2.41. The number of carbonyl (C=O) groups is 1. The Bertz CT molecular complexity index is 387. The van der Waals surface area contributed by atoms with E-state index in [4.69, 9.17) is 0 Å². The maximum Gasteiger partial charge on any atom is 0.222 e. The van der Waals surface area contributed by atoms with E-state index >= 15 is 0 Å². The Morgan fingerprint density at radius 1 is 0.950 bits per heavy atom. The van der Waals surface area contributed by atoms with Crippen LogP contribution in [-0.2, 0) is 14.8 Å². The summed E-state index contributed by atoms with van der Waals surface area (Å²) in [6, 6.07) is 0. The fraction of sp³-hybridized carbons (Fsp3) is 0.929. The highest BCUT2D eigenvalue weighted by molar-refractivity contribution is 7.88. The molecule has 0 radical (unpaired) electrons. The molecule has 0 aromatic carbocycles. The molecular weight excluding hydrogens is 276 g/mol. The molecule has 0 saturated carbocycles. The monoisotopic (exact) mass is 304 g/mol. The second-order valence-corrected chi connectivity index (χ2v) is 7.54. The van der Waals surface area contributed by atoms with Gasteiger partial charge in [0.2, 0.25) is 15.9 Å². The number of carbonyl (C=O) groups excluding carboxylic acids is 1. The molecule has 6 heteroatoms. The minimum Gasteiger partial charge on any atom is -0.340 e. The zero-order valence-corrected chi connectivity index (χ0v) is 13.6. The second kappa shape index (κ2) is 8.62. The van der Waals surface area contributed by atoms with E-state index in [1.807, 2.05) is 0 Å². The predicted octanol–water partition coefficient (Wildman–Crippen LogP) is 1.84. The van der Waals surface area contributed by atoms with Crippen molar-refractivity contribution in [1.29, 1.82) is 0 Å². The van der Waals surface area contributed by atoms with E-state index in [9.17, 15) is 13.2 Å². The van der Waals surface area contributed by atoms with E-state index in [1.54, 1.807) is 4.90 Å². The number of rotatable bonds is 8. The Kier molecular flexibility index (Phi) is 7.51. The first-order chi connectivity index (χ1) is 9.45. The number of hydrogen-bond donors (Lipinski definition) is 0. The van der Waals surface area contributed by atoms with Crippen molar-refractivity contribution in [3.8, 4) is 0 Å². The number of unbranched alkanes of at least 4 members (excludes halogenated alkanes) is 5. The Labute approximate surface area is 123 Å². The van der Waals surface area contributed by atoms with Crippen molar-refractivity contribution in [2.45, 2.75) is 51.9 Å². The lowest BCUT2D eigenvalue weighted by Crippen LogP contribution is -2.50. The van der Waals surface area contributed by atoms with Crippen molar-refractivity contribution in [3.63, 3.8) is 0 Å². The van der Waals surface area contributed by atoms with Gasteiger partial charge in [0, 0.05) is 32.6 Å². The Balaban J connectivity index is 2.16. The molecule has 0 spiro atoms. The van der Waals surface area contributed by atoms with Crippen LogP contribution < -0.4 is 0 Å². The fourth-order valence-corrected chi connectivity index (χ4v) is 3.31. The quantitative estimate of drug-likeness (QED) is 0.643. The van der Waals surface area contributed by atoms with Crippen LogP contribution in [0.5, 0.6) is 0 Å². The van der Waals surface area contributed by atoms with Crippen molar-refractivity contribution in [3.05, 3.63) is 0 Å². The van der Waals surface area contributed by atoms with Crippen LogP contribution in [0.3, 0.4) is 0 Å². The van der Waals surface area contributed by atoms with Crippen LogP contribution in [0.2, 0.25) is 0 Å². The van der Waals surface area contributed by atoms with Crippen molar-refractivity contribution in [2.24, 2.45) is 0 Å². The minimum atomic E-state index is -3.11. The van der Waals surface area contributed by atoms with Crippen LogP contribution in [0, 0.1) is 0 Å². The van der Waals surface area contributed by atoms with E-state index < -0.39 is 10.0 Å². The largest absolute Gasteiger partial charge is 0.340 e. The number of nitrogens with zero attached hydrogens (tertiary/aromatic N) is 2. The molecule has 0 unspecified atom stereocenters. The number of hydrogen-bond acceptors (Lipinski definition) is 3. The van der Waals surface area contributed by atoms with Crippen molar-refractivity contribution in [1.82, 2.24) is 9.21 Å². The van der Waals surface area contributed by atoms with Crippen LogP contribution in [0.15, 0.2) is 0 Å². The summed E-state index contributed by atoms with van der Waals surface area (Å²) in [4.78, 5) is 13.8. The lowest BCUT2D eigenvalue weighted by molar-refractivity contribution is -0.132. The molecule has 0 aromatic heterocycles. The molecule has 0 atom stereocenters. The molecule has 20 heavy (non-hydrogen) atoms. The first kappa shape index (κ1) is 17.4. The molecule has 1 amide bonds. The van der Waals surface area contributed by atoms with Crippen molar-refractivity contribution in [2.75, 3.05) is 32.4 Å². The van der Waals surface area contributed by atoms with Crippen LogP contribution in [0.4, 0.5) is 0 Å². The molecule has 1 aliphatic heterocycles. The molecule has 5 nitrogen and oxygen atoms in total. The van der Waals surface area contributed by atoms with Crippen LogP contribution in [0.25, 0.3) is 0 Å². The van der Waals surface area contributed by atoms with Gasteiger partial charge in [0.1, 0.15) is 0 Å². The molecule has 1 heterocycles. The number of sulfonamides is 1. The van der Waals surface area contributed by atoms with Gasteiger partial charge in [-0.2, -0.15) is 4.31 Å². The predicted molar refractivity (Wildman–Crippen MR) is 81.0 cm³/mol. The fourth-order valence-electron chi connectivity index (χ4n) is 2.48. The Hall–Kier alpha value is -0.620. The Morgan fingerprint density at radius 2 is 1.50 bits per heavy atom. The van der Waals surface area contributed by atoms with Gasteiger partial charge in [0.25, 0.3) is 0 Å². The third-order valence-corrected chi connectivity index (χ3v) is 5.11. The molecule has 1 saturated heterocycles. The lowest BCUT2D eigenvalue weighted by Gasteiger charge is -2.33. The molecule has 0 bridgehead atoms. The minimum absolute atomic E-state index is 0.175. The van der Waals surface area contributed by atoms with Gasteiger partial charge in [-0.1, -0.05) is 39.0 Å². The lowest BCUT2D eigenvalue weighted by atomic mass is 10.1. The van der Waals surface area contributed by atoms with E-state index in [0.29, 0.717) is 32.6 Å². The van der Waals surface area contributed by atoms with Gasteiger partial charge in [0.15, 0.2) is 0 Å². The maximum absolute atomic E-state index is 12.0. The Morgan fingerprint density at radius 3 is 2.05 bits per heavy atom. The molecule has 118 valence electrons. The summed E-state index contributed by atoms with van der Waals surface area (Å²) in [6.45, 7) is 4.12. The topological polar surface area (TPSA) is 57.7 Å². The highest BCUT2D eigenvalue weighted by atomic mass is 32.2. The second-order valence-electron chi connectivity index (χ2n) is 5.56. The standard InChI is InChI=1S/C14H28N2O3S/c1-3-4-5-6-7-8-9-14(17)15-10-12-16(13-11-15)20(2,18)19/h3-13H2,1-2H3. The van der Waals surface area contributed by atoms with E-state index in [2.05, 4.69) is 6.92 Å². The first-order valence-electron chi connectivity index (χ1n) is 7.68. The summed E-state index contributed by atoms with van der Waals surface area (Å²) in [5.41, 5.74) is 0. The van der Waals surface area contributed by atoms with Gasteiger partial charge < -0.3 is 4.90 Å². The zero-order chi connectivity index (χ0) is 15.0. The third kappa shape index (κ3) is 6.22. The van der Waals surface area contributed by atoms with E-state index in [0.717, 1.165) is 12.8 Å². The van der Waals surface area contributed by atoms with Gasteiger partial charge >= 0.3 is 0 Å². The van der Waals surface area contributed by atoms with Crippen LogP contribution in [0.1, 0.15) is 51.9 Å². The summed E-state index contributed by atoms with van der Waals surface area (Å²) >= 11 is 0. The van der Waals surface area contributed by atoms with Crippen molar-refractivity contribution < 1.29 is 13.2 Å².